The van der Waals surface area contributed by atoms with E-state index in [1.54, 1.807) is 0 Å². The number of nitrogens with one attached hydrogen (secondary N) is 2. The lowest BCUT2D eigenvalue weighted by atomic mass is 9.99. The second-order valence-electron chi connectivity index (χ2n) is 5.91. The Labute approximate surface area is 126 Å². The Balaban J connectivity index is 2.00. The van der Waals surface area contributed by atoms with Crippen LogP contribution in [-0.4, -0.2) is 28.3 Å². The molecule has 1 aliphatic rings. The Morgan fingerprint density at radius 2 is 2.14 bits per heavy atom. The van der Waals surface area contributed by atoms with E-state index in [0.29, 0.717) is 0 Å². The molecule has 0 spiro atoms. The molecule has 2 rings (SSSR count). The van der Waals surface area contributed by atoms with Crippen molar-refractivity contribution in [2.45, 2.75) is 57.5 Å². The molecule has 1 aromatic rings. The third-order valence-corrected chi connectivity index (χ3v) is 4.22. The minimum absolute atomic E-state index is 0.0000925. The summed E-state index contributed by atoms with van der Waals surface area (Å²) in [5, 5.41) is 15.5. The number of hydrogen-bond donors (Lipinski definition) is 3. The van der Waals surface area contributed by atoms with Gasteiger partial charge in [-0.25, -0.2) is 4.79 Å². The van der Waals surface area contributed by atoms with Crippen molar-refractivity contribution in [2.24, 2.45) is 0 Å². The summed E-state index contributed by atoms with van der Waals surface area (Å²) in [6.07, 6.45) is 4.57. The number of aryl methyl sites for hydroxylation is 1. The van der Waals surface area contributed by atoms with Gasteiger partial charge in [0.15, 0.2) is 0 Å². The number of carbonyl (C=O) groups is 1. The number of pyridine rings is 1. The van der Waals surface area contributed by atoms with Gasteiger partial charge in [0.2, 0.25) is 0 Å². The van der Waals surface area contributed by atoms with E-state index in [9.17, 15) is 9.90 Å². The monoisotopic (exact) mass is 291 g/mol. The summed E-state index contributed by atoms with van der Waals surface area (Å²) in [6.45, 7) is 3.96. The number of nitrogens with zero attached hydrogens (tertiary/aromatic N) is 1. The molecule has 21 heavy (non-hydrogen) atoms. The molecule has 5 nitrogen and oxygen atoms in total. The molecule has 1 saturated carbocycles. The summed E-state index contributed by atoms with van der Waals surface area (Å²) >= 11 is 0. The predicted molar refractivity (Wildman–Crippen MR) is 82.0 cm³/mol. The lowest BCUT2D eigenvalue weighted by Gasteiger charge is -2.29. The molecule has 5 heteroatoms. The first-order chi connectivity index (χ1) is 10.1. The first-order valence-corrected chi connectivity index (χ1v) is 7.71. The molecule has 1 atom stereocenters. The van der Waals surface area contributed by atoms with Crippen LogP contribution in [0.2, 0.25) is 0 Å². The molecule has 0 aromatic carbocycles. The van der Waals surface area contributed by atoms with Gasteiger partial charge in [-0.05, 0) is 38.3 Å². The fourth-order valence-corrected chi connectivity index (χ4v) is 2.95. The van der Waals surface area contributed by atoms with Gasteiger partial charge in [-0.2, -0.15) is 0 Å². The van der Waals surface area contributed by atoms with E-state index in [4.69, 9.17) is 0 Å². The zero-order chi connectivity index (χ0) is 15.3. The van der Waals surface area contributed by atoms with Gasteiger partial charge in [-0.15, -0.1) is 0 Å². The van der Waals surface area contributed by atoms with E-state index in [0.717, 1.165) is 43.5 Å². The molecule has 1 aromatic heterocycles. The maximum Gasteiger partial charge on any atom is 0.315 e. The van der Waals surface area contributed by atoms with Crippen LogP contribution in [0.4, 0.5) is 4.79 Å². The van der Waals surface area contributed by atoms with E-state index < -0.39 is 5.54 Å². The smallest absolute Gasteiger partial charge is 0.315 e. The summed E-state index contributed by atoms with van der Waals surface area (Å²) in [5.74, 6) is 0. The third-order valence-electron chi connectivity index (χ3n) is 4.22. The van der Waals surface area contributed by atoms with Gasteiger partial charge in [-0.3, -0.25) is 4.98 Å². The Bertz CT molecular complexity index is 484. The molecular formula is C16H25N3O2. The van der Waals surface area contributed by atoms with Gasteiger partial charge in [0.1, 0.15) is 0 Å². The highest BCUT2D eigenvalue weighted by Crippen LogP contribution is 2.29. The molecule has 0 bridgehead atoms. The third kappa shape index (κ3) is 3.94. The molecule has 3 N–H and O–H groups in total. The number of carbonyl (C=O) groups excluding carboxylic acids is 1. The van der Waals surface area contributed by atoms with Crippen molar-refractivity contribution >= 4 is 6.03 Å². The van der Waals surface area contributed by atoms with Gasteiger partial charge in [0, 0.05) is 5.69 Å². The van der Waals surface area contributed by atoms with Crippen LogP contribution in [0.3, 0.4) is 0 Å². The van der Waals surface area contributed by atoms with Crippen LogP contribution in [0.5, 0.6) is 0 Å². The molecule has 0 unspecified atom stereocenters. The fraction of sp³-hybridized carbons (Fsp3) is 0.625. The minimum atomic E-state index is -0.442. The van der Waals surface area contributed by atoms with Gasteiger partial charge in [0.05, 0.1) is 23.9 Å². The molecule has 0 radical (unpaired) electrons. The standard InChI is InChI=1S/C16H25N3O2/c1-3-13(14-8-6-7-12(2)17-14)18-15(21)19-16(11-20)9-4-5-10-16/h6-8,13,20H,3-5,9-11H2,1-2H3,(H2,18,19,21)/t13-/m1/s1. The summed E-state index contributed by atoms with van der Waals surface area (Å²) in [6, 6.07) is 5.49. The van der Waals surface area contributed by atoms with Crippen LogP contribution in [0.15, 0.2) is 18.2 Å². The highest BCUT2D eigenvalue weighted by atomic mass is 16.3. The van der Waals surface area contributed by atoms with E-state index in [-0.39, 0.29) is 18.7 Å². The van der Waals surface area contributed by atoms with Gasteiger partial charge in [-0.1, -0.05) is 25.8 Å². The lowest BCUT2D eigenvalue weighted by Crippen LogP contribution is -2.53. The summed E-state index contributed by atoms with van der Waals surface area (Å²) in [7, 11) is 0. The topological polar surface area (TPSA) is 74.2 Å². The number of hydrogen-bond acceptors (Lipinski definition) is 3. The quantitative estimate of drug-likeness (QED) is 0.780. The van der Waals surface area contributed by atoms with Crippen LogP contribution < -0.4 is 10.6 Å². The molecule has 2 amide bonds. The van der Waals surface area contributed by atoms with E-state index >= 15 is 0 Å². The van der Waals surface area contributed by atoms with Crippen molar-refractivity contribution in [3.63, 3.8) is 0 Å². The van der Waals surface area contributed by atoms with Gasteiger partial charge < -0.3 is 15.7 Å². The highest BCUT2D eigenvalue weighted by Gasteiger charge is 2.35. The summed E-state index contributed by atoms with van der Waals surface area (Å²) in [4.78, 5) is 16.7. The number of amides is 2. The van der Waals surface area contributed by atoms with Crippen molar-refractivity contribution in [3.05, 3.63) is 29.6 Å². The Morgan fingerprint density at radius 3 is 2.71 bits per heavy atom. The van der Waals surface area contributed by atoms with Crippen LogP contribution >= 0.6 is 0 Å². The second-order valence-corrected chi connectivity index (χ2v) is 5.91. The Hall–Kier alpha value is -1.62. The van der Waals surface area contributed by atoms with Crippen molar-refractivity contribution in [3.8, 4) is 0 Å². The molecule has 0 aliphatic heterocycles. The zero-order valence-corrected chi connectivity index (χ0v) is 12.9. The van der Waals surface area contributed by atoms with Crippen LogP contribution in [0.25, 0.3) is 0 Å². The lowest BCUT2D eigenvalue weighted by molar-refractivity contribution is 0.161. The maximum absolute atomic E-state index is 12.2. The first kappa shape index (κ1) is 15.8. The van der Waals surface area contributed by atoms with Gasteiger partial charge in [0.25, 0.3) is 0 Å². The Kier molecular flexibility index (Phi) is 5.17. The number of aliphatic hydroxyl groups excluding tert-OH is 1. The predicted octanol–water partition coefficient (Wildman–Crippen LogP) is 2.45. The first-order valence-electron chi connectivity index (χ1n) is 7.71. The molecular weight excluding hydrogens is 266 g/mol. The fourth-order valence-electron chi connectivity index (χ4n) is 2.95. The van der Waals surface area contributed by atoms with E-state index in [1.165, 1.54) is 0 Å². The van der Waals surface area contributed by atoms with E-state index in [1.807, 2.05) is 32.0 Å². The number of rotatable bonds is 5. The summed E-state index contributed by atoms with van der Waals surface area (Å²) < 4.78 is 0. The number of urea groups is 1. The number of aromatic nitrogens is 1. The molecule has 1 heterocycles. The van der Waals surface area contributed by atoms with Crippen molar-refractivity contribution in [1.29, 1.82) is 0 Å². The van der Waals surface area contributed by atoms with Crippen molar-refractivity contribution in [1.82, 2.24) is 15.6 Å². The van der Waals surface area contributed by atoms with Crippen LogP contribution in [-0.2, 0) is 0 Å². The Morgan fingerprint density at radius 1 is 1.43 bits per heavy atom. The average molecular weight is 291 g/mol. The van der Waals surface area contributed by atoms with Crippen LogP contribution in [0.1, 0.15) is 56.5 Å². The van der Waals surface area contributed by atoms with Crippen molar-refractivity contribution in [2.75, 3.05) is 6.61 Å². The normalized spacial score (nSPS) is 18.2. The molecule has 0 saturated heterocycles. The molecule has 1 fully saturated rings. The largest absolute Gasteiger partial charge is 0.394 e. The zero-order valence-electron chi connectivity index (χ0n) is 12.9. The molecule has 1 aliphatic carbocycles. The van der Waals surface area contributed by atoms with Crippen molar-refractivity contribution < 1.29 is 9.90 Å². The average Bonchev–Trinajstić information content (AvgIpc) is 2.93. The highest BCUT2D eigenvalue weighted by molar-refractivity contribution is 5.75. The molecule has 116 valence electrons. The second kappa shape index (κ2) is 6.89. The summed E-state index contributed by atoms with van der Waals surface area (Å²) in [5.41, 5.74) is 1.37. The van der Waals surface area contributed by atoms with Gasteiger partial charge >= 0.3 is 6.03 Å². The SMILES string of the molecule is CC[C@@H](NC(=O)NC1(CO)CCCC1)c1cccc(C)n1. The van der Waals surface area contributed by atoms with E-state index in [2.05, 4.69) is 15.6 Å². The maximum atomic E-state index is 12.2. The number of aliphatic hydroxyl groups is 1. The minimum Gasteiger partial charge on any atom is -0.394 e. The van der Waals surface area contributed by atoms with Crippen LogP contribution in [0, 0.1) is 6.92 Å².